The highest BCUT2D eigenvalue weighted by molar-refractivity contribution is 6.04. The van der Waals surface area contributed by atoms with Crippen molar-refractivity contribution in [1.29, 1.82) is 0 Å². The lowest BCUT2D eigenvalue weighted by Gasteiger charge is -2.06. The van der Waals surface area contributed by atoms with Crippen LogP contribution in [0.5, 0.6) is 0 Å². The Labute approximate surface area is 121 Å². The van der Waals surface area contributed by atoms with Gasteiger partial charge in [0.15, 0.2) is 0 Å². The van der Waals surface area contributed by atoms with Gasteiger partial charge in [0.25, 0.3) is 5.91 Å². The number of aryl methyl sites for hydroxylation is 1. The maximum Gasteiger partial charge on any atom is 0.275 e. The Morgan fingerprint density at radius 1 is 1.19 bits per heavy atom. The number of benzene rings is 1. The molecule has 0 aliphatic rings. The number of carbonyl (C=O) groups is 1. The molecule has 0 saturated carbocycles. The second-order valence-electron chi connectivity index (χ2n) is 4.79. The van der Waals surface area contributed by atoms with Gasteiger partial charge in [0.05, 0.1) is 11.2 Å². The number of hydrogen-bond acceptors (Lipinski definition) is 4. The van der Waals surface area contributed by atoms with Gasteiger partial charge in [-0.25, -0.2) is 9.97 Å². The van der Waals surface area contributed by atoms with Crippen LogP contribution >= 0.6 is 0 Å². The van der Waals surface area contributed by atoms with Crippen molar-refractivity contribution < 1.29 is 4.79 Å². The molecule has 2 heterocycles. The molecular weight excluding hydrogens is 264 g/mol. The highest BCUT2D eigenvalue weighted by atomic mass is 16.1. The molecule has 0 radical (unpaired) electrons. The van der Waals surface area contributed by atoms with Crippen molar-refractivity contribution in [2.45, 2.75) is 6.92 Å². The fraction of sp³-hybridized carbons (Fsp3) is 0.0625. The van der Waals surface area contributed by atoms with Crippen molar-refractivity contribution in [3.05, 3.63) is 59.9 Å². The third-order valence-electron chi connectivity index (χ3n) is 3.14. The van der Waals surface area contributed by atoms with Crippen LogP contribution in [0.15, 0.2) is 48.7 Å². The van der Waals surface area contributed by atoms with Crippen LogP contribution in [-0.2, 0) is 0 Å². The zero-order valence-electron chi connectivity index (χ0n) is 11.5. The number of rotatable bonds is 2. The third kappa shape index (κ3) is 2.67. The molecule has 5 heteroatoms. The molecule has 3 aromatic rings. The van der Waals surface area contributed by atoms with Crippen molar-refractivity contribution >= 4 is 28.3 Å². The Hall–Kier alpha value is -2.95. The Morgan fingerprint density at radius 3 is 2.86 bits per heavy atom. The molecule has 0 aliphatic heterocycles. The maximum atomic E-state index is 12.2. The van der Waals surface area contributed by atoms with Crippen LogP contribution in [0.2, 0.25) is 0 Å². The van der Waals surface area contributed by atoms with Crippen molar-refractivity contribution in [3.8, 4) is 0 Å². The standard InChI is InChI=1S/C16H14N4O/c1-10-7-8-18-14(9-10)20-16(21)13-6-5-11-3-2-4-12(17)15(11)19-13/h2-9H,17H2,1H3,(H,18,20,21). The molecule has 5 nitrogen and oxygen atoms in total. The maximum absolute atomic E-state index is 12.2. The molecule has 0 saturated heterocycles. The Morgan fingerprint density at radius 2 is 2.05 bits per heavy atom. The normalized spacial score (nSPS) is 10.5. The van der Waals surface area contributed by atoms with E-state index in [-0.39, 0.29) is 5.91 Å². The number of nitrogens with one attached hydrogen (secondary N) is 1. The second-order valence-corrected chi connectivity index (χ2v) is 4.79. The van der Waals surface area contributed by atoms with Gasteiger partial charge in [-0.05, 0) is 36.8 Å². The highest BCUT2D eigenvalue weighted by Crippen LogP contribution is 2.19. The Balaban J connectivity index is 1.93. The summed E-state index contributed by atoms with van der Waals surface area (Å²) in [4.78, 5) is 20.7. The molecule has 0 unspecified atom stereocenters. The van der Waals surface area contributed by atoms with Gasteiger partial charge in [0.2, 0.25) is 0 Å². The third-order valence-corrected chi connectivity index (χ3v) is 3.14. The SMILES string of the molecule is Cc1ccnc(NC(=O)c2ccc3cccc(N)c3n2)c1. The minimum atomic E-state index is -0.307. The highest BCUT2D eigenvalue weighted by Gasteiger charge is 2.10. The number of hydrogen-bond donors (Lipinski definition) is 2. The molecule has 0 spiro atoms. The van der Waals surface area contributed by atoms with Crippen molar-refractivity contribution in [3.63, 3.8) is 0 Å². The smallest absolute Gasteiger partial charge is 0.275 e. The van der Waals surface area contributed by atoms with E-state index in [2.05, 4.69) is 15.3 Å². The van der Waals surface area contributed by atoms with E-state index >= 15 is 0 Å². The van der Waals surface area contributed by atoms with Crippen LogP contribution in [0.1, 0.15) is 16.1 Å². The lowest BCUT2D eigenvalue weighted by Crippen LogP contribution is -2.14. The van der Waals surface area contributed by atoms with Gasteiger partial charge in [-0.3, -0.25) is 4.79 Å². The number of carbonyl (C=O) groups excluding carboxylic acids is 1. The van der Waals surface area contributed by atoms with Gasteiger partial charge in [-0.15, -0.1) is 0 Å². The van der Waals surface area contributed by atoms with E-state index in [0.29, 0.717) is 22.7 Å². The molecule has 0 aliphatic carbocycles. The zero-order valence-corrected chi connectivity index (χ0v) is 11.5. The Kier molecular flexibility index (Phi) is 3.23. The van der Waals surface area contributed by atoms with Crippen LogP contribution in [0.4, 0.5) is 11.5 Å². The fourth-order valence-corrected chi connectivity index (χ4v) is 2.08. The van der Waals surface area contributed by atoms with Crippen LogP contribution in [-0.4, -0.2) is 15.9 Å². The number of nitrogens with zero attached hydrogens (tertiary/aromatic N) is 2. The number of anilines is 2. The van der Waals surface area contributed by atoms with Crippen molar-refractivity contribution in [1.82, 2.24) is 9.97 Å². The lowest BCUT2D eigenvalue weighted by molar-refractivity contribution is 0.102. The molecule has 104 valence electrons. The first-order chi connectivity index (χ1) is 10.1. The van der Waals surface area contributed by atoms with Gasteiger partial charge in [-0.1, -0.05) is 18.2 Å². The number of nitrogens with two attached hydrogens (primary N) is 1. The minimum Gasteiger partial charge on any atom is -0.397 e. The number of para-hydroxylation sites is 1. The fourth-order valence-electron chi connectivity index (χ4n) is 2.08. The summed E-state index contributed by atoms with van der Waals surface area (Å²) in [7, 11) is 0. The lowest BCUT2D eigenvalue weighted by atomic mass is 10.1. The largest absolute Gasteiger partial charge is 0.397 e. The number of nitrogen functional groups attached to an aromatic ring is 1. The topological polar surface area (TPSA) is 80.9 Å². The first kappa shape index (κ1) is 13.1. The number of aromatic nitrogens is 2. The molecule has 0 atom stereocenters. The molecular formula is C16H14N4O. The van der Waals surface area contributed by atoms with E-state index in [1.54, 1.807) is 24.4 Å². The number of fused-ring (bicyclic) bond motifs is 1. The van der Waals surface area contributed by atoms with Crippen molar-refractivity contribution in [2.24, 2.45) is 0 Å². The van der Waals surface area contributed by atoms with Crippen LogP contribution < -0.4 is 11.1 Å². The summed E-state index contributed by atoms with van der Waals surface area (Å²) in [6.45, 7) is 1.94. The van der Waals surface area contributed by atoms with E-state index in [9.17, 15) is 4.79 Å². The molecule has 3 N–H and O–H groups in total. The first-order valence-corrected chi connectivity index (χ1v) is 6.53. The summed E-state index contributed by atoms with van der Waals surface area (Å²) in [6.07, 6.45) is 1.65. The summed E-state index contributed by atoms with van der Waals surface area (Å²) in [6, 6.07) is 12.7. The summed E-state index contributed by atoms with van der Waals surface area (Å²) in [5.74, 6) is 0.196. The number of amides is 1. The summed E-state index contributed by atoms with van der Waals surface area (Å²) >= 11 is 0. The van der Waals surface area contributed by atoms with Crippen LogP contribution in [0.25, 0.3) is 10.9 Å². The quantitative estimate of drug-likeness (QED) is 0.706. The molecule has 3 rings (SSSR count). The Bertz CT molecular complexity index is 829. The second kappa shape index (κ2) is 5.20. The van der Waals surface area contributed by atoms with Crippen LogP contribution in [0.3, 0.4) is 0 Å². The summed E-state index contributed by atoms with van der Waals surface area (Å²) in [5.41, 5.74) is 8.40. The molecule has 0 fully saturated rings. The van der Waals surface area contributed by atoms with E-state index in [4.69, 9.17) is 5.73 Å². The van der Waals surface area contributed by atoms with Crippen molar-refractivity contribution in [2.75, 3.05) is 11.1 Å². The average Bonchev–Trinajstić information content (AvgIpc) is 2.47. The molecule has 21 heavy (non-hydrogen) atoms. The van der Waals surface area contributed by atoms with E-state index in [1.807, 2.05) is 31.2 Å². The number of pyridine rings is 2. The van der Waals surface area contributed by atoms with E-state index in [1.165, 1.54) is 0 Å². The predicted molar refractivity (Wildman–Crippen MR) is 83.1 cm³/mol. The van der Waals surface area contributed by atoms with Gasteiger partial charge >= 0.3 is 0 Å². The molecule has 1 amide bonds. The van der Waals surface area contributed by atoms with Crippen LogP contribution in [0, 0.1) is 6.92 Å². The summed E-state index contributed by atoms with van der Waals surface area (Å²) in [5, 5.41) is 3.63. The molecule has 2 aromatic heterocycles. The van der Waals surface area contributed by atoms with Gasteiger partial charge < -0.3 is 11.1 Å². The first-order valence-electron chi connectivity index (χ1n) is 6.53. The van der Waals surface area contributed by atoms with E-state index < -0.39 is 0 Å². The van der Waals surface area contributed by atoms with Gasteiger partial charge in [0.1, 0.15) is 11.5 Å². The summed E-state index contributed by atoms with van der Waals surface area (Å²) < 4.78 is 0. The van der Waals surface area contributed by atoms with E-state index in [0.717, 1.165) is 10.9 Å². The van der Waals surface area contributed by atoms with Gasteiger partial charge in [0, 0.05) is 11.6 Å². The molecule has 0 bridgehead atoms. The minimum absolute atomic E-state index is 0.307. The van der Waals surface area contributed by atoms with Gasteiger partial charge in [-0.2, -0.15) is 0 Å². The predicted octanol–water partition coefficient (Wildman–Crippen LogP) is 2.77. The zero-order chi connectivity index (χ0) is 14.8. The molecule has 1 aromatic carbocycles. The average molecular weight is 278 g/mol. The monoisotopic (exact) mass is 278 g/mol.